The summed E-state index contributed by atoms with van der Waals surface area (Å²) in [7, 11) is 0. The molecule has 0 spiro atoms. The molecule has 17 heavy (non-hydrogen) atoms. The molecule has 0 fully saturated rings. The van der Waals surface area contributed by atoms with E-state index in [1.807, 2.05) is 23.5 Å². The van der Waals surface area contributed by atoms with Crippen LogP contribution >= 0.6 is 11.3 Å². The van der Waals surface area contributed by atoms with Gasteiger partial charge in [-0.1, -0.05) is 52.0 Å². The highest BCUT2D eigenvalue weighted by atomic mass is 32.1. The lowest BCUT2D eigenvalue weighted by Gasteiger charge is -2.06. The summed E-state index contributed by atoms with van der Waals surface area (Å²) in [5, 5.41) is 0. The van der Waals surface area contributed by atoms with Crippen LogP contribution in [-0.2, 0) is 12.8 Å². The van der Waals surface area contributed by atoms with E-state index in [-0.39, 0.29) is 0 Å². The highest BCUT2D eigenvalue weighted by Crippen LogP contribution is 2.33. The summed E-state index contributed by atoms with van der Waals surface area (Å²) in [4.78, 5) is 2.72. The third-order valence-corrected chi connectivity index (χ3v) is 4.38. The number of thiophene rings is 1. The molecule has 0 aliphatic rings. The Morgan fingerprint density at radius 1 is 0.882 bits per heavy atom. The van der Waals surface area contributed by atoms with Crippen molar-refractivity contribution in [3.05, 3.63) is 34.0 Å². The maximum Gasteiger partial charge on any atom is 0.0305 e. The lowest BCUT2D eigenvalue weighted by Crippen LogP contribution is -1.94. The topological polar surface area (TPSA) is 0 Å². The molecule has 0 bridgehead atoms. The second-order valence-corrected chi connectivity index (χ2v) is 5.49. The van der Waals surface area contributed by atoms with E-state index in [2.05, 4.69) is 27.0 Å². The molecule has 0 saturated heterocycles. The number of hydrogen-bond donors (Lipinski definition) is 0. The van der Waals surface area contributed by atoms with Gasteiger partial charge in [-0.25, -0.2) is 0 Å². The van der Waals surface area contributed by atoms with Crippen molar-refractivity contribution >= 4 is 23.5 Å². The fourth-order valence-electron chi connectivity index (χ4n) is 2.12. The van der Waals surface area contributed by atoms with Crippen LogP contribution in [0.1, 0.15) is 60.4 Å². The van der Waals surface area contributed by atoms with Gasteiger partial charge in [0.05, 0.1) is 0 Å². The quantitative estimate of drug-likeness (QED) is 0.552. The number of rotatable bonds is 8. The van der Waals surface area contributed by atoms with Gasteiger partial charge >= 0.3 is 0 Å². The minimum absolute atomic E-state index is 1.20. The molecule has 0 atom stereocenters. The maximum atomic E-state index is 3.94. The SMILES string of the molecule is C=Cc1sc(C=C)c(CCCC)c1CCCC. The van der Waals surface area contributed by atoms with Crippen molar-refractivity contribution in [3.63, 3.8) is 0 Å². The van der Waals surface area contributed by atoms with Gasteiger partial charge in [0, 0.05) is 9.75 Å². The van der Waals surface area contributed by atoms with E-state index >= 15 is 0 Å². The van der Waals surface area contributed by atoms with Crippen molar-refractivity contribution < 1.29 is 0 Å². The van der Waals surface area contributed by atoms with Crippen molar-refractivity contribution in [1.29, 1.82) is 0 Å². The highest BCUT2D eigenvalue weighted by Gasteiger charge is 2.13. The van der Waals surface area contributed by atoms with Crippen molar-refractivity contribution in [2.75, 3.05) is 0 Å². The Balaban J connectivity index is 3.05. The summed E-state index contributed by atoms with van der Waals surface area (Å²) in [6, 6.07) is 0. The zero-order valence-electron chi connectivity index (χ0n) is 11.2. The second kappa shape index (κ2) is 7.50. The van der Waals surface area contributed by atoms with Crippen molar-refractivity contribution in [2.45, 2.75) is 52.4 Å². The average Bonchev–Trinajstić information content (AvgIpc) is 2.70. The van der Waals surface area contributed by atoms with Crippen LogP contribution in [0.3, 0.4) is 0 Å². The van der Waals surface area contributed by atoms with E-state index in [4.69, 9.17) is 0 Å². The van der Waals surface area contributed by atoms with Gasteiger partial charge in [-0.2, -0.15) is 0 Å². The highest BCUT2D eigenvalue weighted by molar-refractivity contribution is 7.14. The van der Waals surface area contributed by atoms with Crippen LogP contribution in [0.4, 0.5) is 0 Å². The van der Waals surface area contributed by atoms with Crippen molar-refractivity contribution in [1.82, 2.24) is 0 Å². The van der Waals surface area contributed by atoms with Crippen molar-refractivity contribution in [3.8, 4) is 0 Å². The van der Waals surface area contributed by atoms with Gasteiger partial charge in [-0.05, 0) is 36.8 Å². The van der Waals surface area contributed by atoms with Crippen LogP contribution in [0.5, 0.6) is 0 Å². The summed E-state index contributed by atoms with van der Waals surface area (Å²) in [6.45, 7) is 12.4. The minimum atomic E-state index is 1.20. The predicted molar refractivity (Wildman–Crippen MR) is 81.7 cm³/mol. The van der Waals surface area contributed by atoms with Crippen molar-refractivity contribution in [2.24, 2.45) is 0 Å². The fraction of sp³-hybridized carbons (Fsp3) is 0.500. The summed E-state index contributed by atoms with van der Waals surface area (Å²) < 4.78 is 0. The van der Waals surface area contributed by atoms with Gasteiger partial charge in [0.25, 0.3) is 0 Å². The normalized spacial score (nSPS) is 10.5. The molecule has 1 aromatic rings. The minimum Gasteiger partial charge on any atom is -0.136 e. The first-order valence-electron chi connectivity index (χ1n) is 6.67. The molecule has 1 heteroatoms. The monoisotopic (exact) mass is 248 g/mol. The molecule has 0 aliphatic carbocycles. The third-order valence-electron chi connectivity index (χ3n) is 3.11. The molecule has 0 N–H and O–H groups in total. The molecule has 0 aromatic carbocycles. The third kappa shape index (κ3) is 3.57. The Labute approximate surface area is 110 Å². The van der Waals surface area contributed by atoms with Gasteiger partial charge in [0.1, 0.15) is 0 Å². The molecule has 1 heterocycles. The Bertz CT molecular complexity index is 337. The molecule has 0 unspecified atom stereocenters. The first-order chi connectivity index (χ1) is 8.28. The molecular formula is C16H24S. The maximum absolute atomic E-state index is 3.94. The Morgan fingerprint density at radius 2 is 1.29 bits per heavy atom. The van der Waals surface area contributed by atoms with Gasteiger partial charge in [0.2, 0.25) is 0 Å². The molecule has 0 aliphatic heterocycles. The van der Waals surface area contributed by atoms with Crippen LogP contribution in [0.15, 0.2) is 13.2 Å². The zero-order chi connectivity index (χ0) is 12.7. The van der Waals surface area contributed by atoms with Gasteiger partial charge < -0.3 is 0 Å². The first kappa shape index (κ1) is 14.2. The predicted octanol–water partition coefficient (Wildman–Crippen LogP) is 5.72. The van der Waals surface area contributed by atoms with E-state index in [1.165, 1.54) is 59.4 Å². The Kier molecular flexibility index (Phi) is 6.28. The standard InChI is InChI=1S/C16H24S/c1-5-9-11-13-14(12-10-6-2)16(8-4)17-15(13)7-3/h7-8H,3-6,9-12H2,1-2H3. The largest absolute Gasteiger partial charge is 0.136 e. The average molecular weight is 248 g/mol. The van der Waals surface area contributed by atoms with E-state index in [9.17, 15) is 0 Å². The Morgan fingerprint density at radius 3 is 1.59 bits per heavy atom. The van der Waals surface area contributed by atoms with E-state index in [1.54, 1.807) is 0 Å². The lowest BCUT2D eigenvalue weighted by atomic mass is 9.98. The van der Waals surface area contributed by atoms with E-state index in [0.29, 0.717) is 0 Å². The van der Waals surface area contributed by atoms with Gasteiger partial charge in [-0.15, -0.1) is 11.3 Å². The van der Waals surface area contributed by atoms with Gasteiger partial charge in [0.15, 0.2) is 0 Å². The second-order valence-electron chi connectivity index (χ2n) is 4.40. The van der Waals surface area contributed by atoms with Crippen LogP contribution < -0.4 is 0 Å². The molecule has 0 radical (unpaired) electrons. The van der Waals surface area contributed by atoms with Crippen LogP contribution in [0.25, 0.3) is 12.2 Å². The number of unbranched alkanes of at least 4 members (excludes halogenated alkanes) is 2. The fourth-order valence-corrected chi connectivity index (χ4v) is 3.22. The Hall–Kier alpha value is -0.820. The molecule has 0 saturated carbocycles. The lowest BCUT2D eigenvalue weighted by molar-refractivity contribution is 0.761. The summed E-state index contributed by atoms with van der Waals surface area (Å²) >= 11 is 1.85. The molecule has 94 valence electrons. The summed E-state index contributed by atoms with van der Waals surface area (Å²) in [5.74, 6) is 0. The molecule has 0 nitrogen and oxygen atoms in total. The van der Waals surface area contributed by atoms with Crippen LogP contribution in [0.2, 0.25) is 0 Å². The zero-order valence-corrected chi connectivity index (χ0v) is 12.0. The molecular weight excluding hydrogens is 224 g/mol. The van der Waals surface area contributed by atoms with Gasteiger partial charge in [-0.3, -0.25) is 0 Å². The summed E-state index contributed by atoms with van der Waals surface area (Å²) in [6.07, 6.45) is 11.5. The van der Waals surface area contributed by atoms with Crippen LogP contribution in [-0.4, -0.2) is 0 Å². The van der Waals surface area contributed by atoms with E-state index in [0.717, 1.165) is 0 Å². The van der Waals surface area contributed by atoms with Crippen LogP contribution in [0, 0.1) is 0 Å². The molecule has 1 aromatic heterocycles. The smallest absolute Gasteiger partial charge is 0.0305 e. The summed E-state index contributed by atoms with van der Waals surface area (Å²) in [5.41, 5.74) is 3.07. The molecule has 1 rings (SSSR count). The first-order valence-corrected chi connectivity index (χ1v) is 7.49. The molecule has 0 amide bonds. The number of hydrogen-bond acceptors (Lipinski definition) is 1. The van der Waals surface area contributed by atoms with E-state index < -0.39 is 0 Å².